The van der Waals surface area contributed by atoms with Crippen LogP contribution in [0.3, 0.4) is 0 Å². The average molecular weight is 507 g/mol. The van der Waals surface area contributed by atoms with Crippen molar-refractivity contribution in [2.45, 2.75) is 45.4 Å². The van der Waals surface area contributed by atoms with Crippen molar-refractivity contribution in [2.24, 2.45) is 0 Å². The zero-order valence-electron chi connectivity index (χ0n) is 21.6. The molecule has 0 spiro atoms. The molecule has 2 aromatic rings. The van der Waals surface area contributed by atoms with E-state index >= 15 is 0 Å². The fraction of sp³-hybridized carbons (Fsp3) is 0.267. The van der Waals surface area contributed by atoms with Crippen LogP contribution in [0.25, 0.3) is 5.57 Å². The summed E-state index contributed by atoms with van der Waals surface area (Å²) in [7, 11) is -2.79. The van der Waals surface area contributed by atoms with E-state index in [-0.39, 0.29) is 10.8 Å². The summed E-state index contributed by atoms with van der Waals surface area (Å²) in [6.45, 7) is 11.5. The van der Waals surface area contributed by atoms with Crippen LogP contribution in [0, 0.1) is 10.2 Å². The number of allylic oxidation sites excluding steroid dienone is 10. The molecule has 0 amide bonds. The van der Waals surface area contributed by atoms with Crippen molar-refractivity contribution < 1.29 is 28.9 Å². The van der Waals surface area contributed by atoms with Crippen LogP contribution < -0.4 is 23.5 Å². The van der Waals surface area contributed by atoms with Crippen molar-refractivity contribution in [1.29, 1.82) is 0 Å². The number of halogens is 1. The summed E-state index contributed by atoms with van der Waals surface area (Å²) in [5.41, 5.74) is 9.67. The van der Waals surface area contributed by atoms with E-state index in [1.165, 1.54) is 39.2 Å². The number of fused-ring (bicyclic) bond motifs is 2. The molecule has 36 heavy (non-hydrogen) atoms. The molecule has 190 valence electrons. The molecule has 6 heteroatoms. The molecule has 2 aliphatic rings. The lowest BCUT2D eigenvalue weighted by Gasteiger charge is -2.23. The third-order valence-electron chi connectivity index (χ3n) is 6.98. The Hall–Kier alpha value is -2.93. The van der Waals surface area contributed by atoms with E-state index in [0.29, 0.717) is 0 Å². The van der Waals surface area contributed by atoms with E-state index in [4.69, 9.17) is 18.6 Å². The number of benzene rings is 2. The summed E-state index contributed by atoms with van der Waals surface area (Å²) in [6.07, 6.45) is 15.1. The molecule has 0 saturated heterocycles. The van der Waals surface area contributed by atoms with Crippen LogP contribution in [-0.2, 0) is 10.8 Å². The van der Waals surface area contributed by atoms with Crippen molar-refractivity contribution in [3.63, 3.8) is 0 Å². The second-order valence-electron chi connectivity index (χ2n) is 9.97. The highest BCUT2D eigenvalue weighted by Crippen LogP contribution is 2.47. The molecule has 5 nitrogen and oxygen atoms in total. The van der Waals surface area contributed by atoms with Crippen LogP contribution >= 0.6 is 0 Å². The Balaban J connectivity index is 0.000000658. The quantitative estimate of drug-likeness (QED) is 0.594. The first-order chi connectivity index (χ1) is 16.8. The Bertz CT molecular complexity index is 1250. The first kappa shape index (κ1) is 27.7. The van der Waals surface area contributed by atoms with Gasteiger partial charge < -0.3 is 4.90 Å². The molecule has 4 rings (SSSR count). The minimum atomic E-state index is -4.94. The maximum atomic E-state index is 8.49. The Labute approximate surface area is 216 Å². The van der Waals surface area contributed by atoms with Gasteiger partial charge in [0, 0.05) is 29.3 Å². The fourth-order valence-electron chi connectivity index (χ4n) is 5.24. The molecule has 1 heterocycles. The van der Waals surface area contributed by atoms with Gasteiger partial charge >= 0.3 is 0 Å². The van der Waals surface area contributed by atoms with Crippen LogP contribution in [-0.4, -0.2) is 7.05 Å². The van der Waals surface area contributed by atoms with Gasteiger partial charge in [-0.1, -0.05) is 107 Å². The predicted molar refractivity (Wildman–Crippen MR) is 135 cm³/mol. The number of anilines is 1. The Morgan fingerprint density at radius 2 is 1.25 bits per heavy atom. The topological polar surface area (TPSA) is 95.5 Å². The van der Waals surface area contributed by atoms with Gasteiger partial charge in [-0.3, -0.25) is 0 Å². The third-order valence-corrected chi connectivity index (χ3v) is 6.98. The minimum absolute atomic E-state index is 0.0202. The first-order valence-electron chi connectivity index (χ1n) is 11.7. The molecule has 1 aliphatic heterocycles. The number of para-hydroxylation sites is 1. The van der Waals surface area contributed by atoms with E-state index in [1.807, 2.05) is 0 Å². The van der Waals surface area contributed by atoms with E-state index in [1.54, 1.807) is 0 Å². The van der Waals surface area contributed by atoms with Crippen molar-refractivity contribution in [2.75, 3.05) is 11.9 Å². The lowest BCUT2D eigenvalue weighted by Crippen LogP contribution is -2.68. The van der Waals surface area contributed by atoms with E-state index in [0.717, 1.165) is 0 Å². The molecule has 0 radical (unpaired) electrons. The standard InChI is InChI=1S/C30H33N.ClHO4/c1-22-23-16-12-13-18-25(23)29(2,3)24(22)17-10-8-7-9-11-21-28-30(4,5)26-19-14-15-20-27(26)31(28)6;2-1(3,4)5/h7-21H,1-6H3;(H,2,3,4,5)/p-1. The molecule has 2 aromatic carbocycles. The summed E-state index contributed by atoms with van der Waals surface area (Å²) < 4.78 is 34.0. The molecular weight excluding hydrogens is 474 g/mol. The summed E-state index contributed by atoms with van der Waals surface area (Å²) in [5, 5.41) is 0. The van der Waals surface area contributed by atoms with Gasteiger partial charge in [0.15, 0.2) is 0 Å². The van der Waals surface area contributed by atoms with Gasteiger partial charge in [0.05, 0.1) is 0 Å². The lowest BCUT2D eigenvalue weighted by atomic mass is 9.81. The van der Waals surface area contributed by atoms with E-state index in [2.05, 4.69) is 138 Å². The third kappa shape index (κ3) is 5.89. The van der Waals surface area contributed by atoms with Crippen molar-refractivity contribution in [1.82, 2.24) is 0 Å². The van der Waals surface area contributed by atoms with Gasteiger partial charge in [-0.15, -0.1) is 10.2 Å². The Morgan fingerprint density at radius 3 is 1.86 bits per heavy atom. The van der Waals surface area contributed by atoms with Gasteiger partial charge in [-0.2, -0.15) is 0 Å². The van der Waals surface area contributed by atoms with Gasteiger partial charge in [0.2, 0.25) is 0 Å². The highest BCUT2D eigenvalue weighted by Gasteiger charge is 2.37. The van der Waals surface area contributed by atoms with Crippen LogP contribution in [0.5, 0.6) is 0 Å². The highest BCUT2D eigenvalue weighted by atomic mass is 35.7. The maximum Gasteiger partial charge on any atom is 0.0447 e. The summed E-state index contributed by atoms with van der Waals surface area (Å²) in [4.78, 5) is 2.30. The zero-order valence-corrected chi connectivity index (χ0v) is 22.4. The molecular formula is C30H33ClNO4-. The summed E-state index contributed by atoms with van der Waals surface area (Å²) >= 11 is 0. The second kappa shape index (κ2) is 10.6. The predicted octanol–water partition coefficient (Wildman–Crippen LogP) is 2.98. The fourth-order valence-corrected chi connectivity index (χ4v) is 5.24. The Morgan fingerprint density at radius 1 is 0.722 bits per heavy atom. The van der Waals surface area contributed by atoms with Crippen LogP contribution in [0.4, 0.5) is 5.69 Å². The second-order valence-corrected chi connectivity index (χ2v) is 10.7. The largest absolute Gasteiger partial charge is 0.347 e. The molecule has 0 bridgehead atoms. The molecule has 0 atom stereocenters. The number of likely N-dealkylation sites (N-methyl/N-ethyl adjacent to an activating group) is 1. The van der Waals surface area contributed by atoms with Gasteiger partial charge in [0.25, 0.3) is 0 Å². The monoisotopic (exact) mass is 506 g/mol. The molecule has 0 N–H and O–H groups in total. The van der Waals surface area contributed by atoms with Crippen molar-refractivity contribution in [3.05, 3.63) is 119 Å². The van der Waals surface area contributed by atoms with Gasteiger partial charge in [0.1, 0.15) is 0 Å². The lowest BCUT2D eigenvalue weighted by molar-refractivity contribution is -2.00. The molecule has 0 aromatic heterocycles. The number of hydrogen-bond acceptors (Lipinski definition) is 5. The average Bonchev–Trinajstić information content (AvgIpc) is 3.11. The van der Waals surface area contributed by atoms with Gasteiger partial charge in [-0.05, 0) is 46.9 Å². The maximum absolute atomic E-state index is 8.49. The van der Waals surface area contributed by atoms with Crippen LogP contribution in [0.15, 0.2) is 102 Å². The Kier molecular flexibility index (Phi) is 8.13. The summed E-state index contributed by atoms with van der Waals surface area (Å²) in [5.74, 6) is 0. The highest BCUT2D eigenvalue weighted by molar-refractivity contribution is 5.81. The van der Waals surface area contributed by atoms with Gasteiger partial charge in [-0.25, -0.2) is 18.6 Å². The SMILES string of the molecule is CC1=C(C=CC=CC=CC=C2N(C)c3ccccc3C2(C)C)C(C)(C)c2ccccc21.[O-][Cl+3]([O-])([O-])[O-]. The van der Waals surface area contributed by atoms with Crippen LogP contribution in [0.1, 0.15) is 51.3 Å². The summed E-state index contributed by atoms with van der Waals surface area (Å²) in [6, 6.07) is 17.4. The molecule has 0 unspecified atom stereocenters. The number of nitrogens with zero attached hydrogens (tertiary/aromatic N) is 1. The molecule has 1 aliphatic carbocycles. The van der Waals surface area contributed by atoms with Crippen molar-refractivity contribution in [3.8, 4) is 0 Å². The molecule has 0 saturated carbocycles. The first-order valence-corrected chi connectivity index (χ1v) is 13.0. The zero-order chi connectivity index (χ0) is 26.7. The van der Waals surface area contributed by atoms with E-state index in [9.17, 15) is 0 Å². The normalized spacial score (nSPS) is 19.4. The number of hydrogen-bond donors (Lipinski definition) is 0. The van der Waals surface area contributed by atoms with Crippen molar-refractivity contribution >= 4 is 11.3 Å². The van der Waals surface area contributed by atoms with E-state index < -0.39 is 10.2 Å². The molecule has 0 fully saturated rings. The minimum Gasteiger partial charge on any atom is -0.347 e. The smallest absolute Gasteiger partial charge is 0.0447 e. The number of rotatable bonds is 4. The van der Waals surface area contributed by atoms with Crippen LogP contribution in [0.2, 0.25) is 0 Å².